The van der Waals surface area contributed by atoms with Crippen LogP contribution >= 0.6 is 0 Å². The number of aromatic nitrogens is 1. The van der Waals surface area contributed by atoms with Crippen molar-refractivity contribution in [2.75, 3.05) is 5.32 Å². The van der Waals surface area contributed by atoms with Gasteiger partial charge in [-0.15, -0.1) is 0 Å². The molecule has 40 heavy (non-hydrogen) atoms. The zero-order valence-electron chi connectivity index (χ0n) is 25.7. The first-order valence-corrected chi connectivity index (χ1v) is 13.7. The lowest BCUT2D eigenvalue weighted by molar-refractivity contribution is -0.105. The molecule has 0 radical (unpaired) electrons. The van der Waals surface area contributed by atoms with Crippen LogP contribution in [0.3, 0.4) is 0 Å². The maximum absolute atomic E-state index is 12.9. The number of hydrogen-bond acceptors (Lipinski definition) is 3. The molecule has 0 atom stereocenters. The first kappa shape index (κ1) is 36.0. The zero-order valence-corrected chi connectivity index (χ0v) is 25.7. The minimum Gasteiger partial charge on any atom is -0.508 e. The molecule has 0 saturated heterocycles. The third-order valence-corrected chi connectivity index (χ3v) is 5.70. The Hall–Kier alpha value is -3.99. The summed E-state index contributed by atoms with van der Waals surface area (Å²) in [6.07, 6.45) is 12.1. The Balaban J connectivity index is 0.000000559. The summed E-state index contributed by atoms with van der Waals surface area (Å²) in [5.41, 5.74) is 9.62. The fourth-order valence-corrected chi connectivity index (χ4v) is 3.88. The fraction of sp³-hybridized carbons (Fsp3) is 0.314. The Kier molecular flexibility index (Phi) is 18.0. The molecule has 3 rings (SSSR count). The van der Waals surface area contributed by atoms with Gasteiger partial charge in [-0.25, -0.2) is 4.39 Å². The number of amides is 1. The van der Waals surface area contributed by atoms with Crippen molar-refractivity contribution in [3.63, 3.8) is 0 Å². The van der Waals surface area contributed by atoms with Gasteiger partial charge in [0.15, 0.2) is 0 Å². The third kappa shape index (κ3) is 12.7. The summed E-state index contributed by atoms with van der Waals surface area (Å²) in [6.45, 7) is 21.8. The average molecular weight is 547 g/mol. The van der Waals surface area contributed by atoms with E-state index in [1.807, 2.05) is 72.9 Å². The SMILES string of the molecule is C=C/C=C(\C)c1cnc(/C=C\C)c(C)c1.CC.CCCc1ccc(O)cc1F.Cc1cc(C)c(NC=O)c(C)c1. The van der Waals surface area contributed by atoms with Crippen molar-refractivity contribution in [2.24, 2.45) is 0 Å². The second kappa shape index (κ2) is 20.0. The van der Waals surface area contributed by atoms with E-state index >= 15 is 0 Å². The maximum atomic E-state index is 12.9. The number of carbonyl (C=O) groups is 1. The first-order chi connectivity index (χ1) is 19.1. The molecule has 0 aliphatic carbocycles. The normalized spacial score (nSPS) is 10.3. The molecular formula is C35H47FN2O2. The van der Waals surface area contributed by atoms with Crippen molar-refractivity contribution in [3.05, 3.63) is 112 Å². The molecule has 2 aromatic carbocycles. The Morgan fingerprint density at radius 2 is 1.68 bits per heavy atom. The highest BCUT2D eigenvalue weighted by Gasteiger charge is 2.02. The number of phenols is 1. The van der Waals surface area contributed by atoms with E-state index in [2.05, 4.69) is 48.9 Å². The molecule has 1 amide bonds. The van der Waals surface area contributed by atoms with Gasteiger partial charge in [0.25, 0.3) is 0 Å². The molecule has 0 spiro atoms. The lowest BCUT2D eigenvalue weighted by Crippen LogP contribution is -1.99. The monoisotopic (exact) mass is 546 g/mol. The van der Waals surface area contributed by atoms with E-state index in [1.165, 1.54) is 22.8 Å². The summed E-state index contributed by atoms with van der Waals surface area (Å²) < 4.78 is 12.9. The number of pyridine rings is 1. The lowest BCUT2D eigenvalue weighted by atomic mass is 10.1. The van der Waals surface area contributed by atoms with E-state index in [-0.39, 0.29) is 11.6 Å². The average Bonchev–Trinajstić information content (AvgIpc) is 2.91. The van der Waals surface area contributed by atoms with E-state index in [0.717, 1.165) is 47.0 Å². The number of carbonyl (C=O) groups excluding carboxylic acids is 1. The Labute approximate surface area is 241 Å². The van der Waals surface area contributed by atoms with Crippen LogP contribution in [0.15, 0.2) is 67.4 Å². The second-order valence-electron chi connectivity index (χ2n) is 9.07. The summed E-state index contributed by atoms with van der Waals surface area (Å²) >= 11 is 0. The number of phenolic OH excluding ortho intramolecular Hbond substituents is 1. The summed E-state index contributed by atoms with van der Waals surface area (Å²) in [5, 5.41) is 11.6. The standard InChI is InChI=1S/C14H17N.C10H13NO.C9H11FO.C2H6/c1-5-7-11(3)13-9-12(4)14(8-6-2)15-10-13;1-7-4-8(2)10(11-6-12)9(3)5-7;1-2-3-7-4-5-8(11)6-9(7)10;1-2/h5-10H,1H2,2-4H3;4-6H,1-3H3,(H,11,12);4-6,11H,2-3H2,1H3;1-2H3/b8-6-,11-7+;;;. The van der Waals surface area contributed by atoms with Crippen molar-refractivity contribution in [3.8, 4) is 5.75 Å². The van der Waals surface area contributed by atoms with Crippen LogP contribution < -0.4 is 5.32 Å². The topological polar surface area (TPSA) is 62.2 Å². The molecule has 0 aliphatic rings. The lowest BCUT2D eigenvalue weighted by Gasteiger charge is -2.08. The molecule has 3 aromatic rings. The van der Waals surface area contributed by atoms with Crippen molar-refractivity contribution in [1.82, 2.24) is 4.98 Å². The van der Waals surface area contributed by atoms with Gasteiger partial charge in [-0.3, -0.25) is 9.78 Å². The maximum Gasteiger partial charge on any atom is 0.211 e. The van der Waals surface area contributed by atoms with Crippen LogP contribution in [-0.2, 0) is 11.2 Å². The highest BCUT2D eigenvalue weighted by Crippen LogP contribution is 2.21. The van der Waals surface area contributed by atoms with Crippen molar-refractivity contribution >= 4 is 23.7 Å². The van der Waals surface area contributed by atoms with Crippen LogP contribution in [0.1, 0.15) is 80.1 Å². The molecule has 4 nitrogen and oxygen atoms in total. The van der Waals surface area contributed by atoms with E-state index in [9.17, 15) is 9.18 Å². The molecule has 0 bridgehead atoms. The smallest absolute Gasteiger partial charge is 0.211 e. The van der Waals surface area contributed by atoms with E-state index < -0.39 is 0 Å². The molecule has 1 heterocycles. The molecule has 0 unspecified atom stereocenters. The third-order valence-electron chi connectivity index (χ3n) is 5.70. The molecule has 0 aliphatic heterocycles. The number of benzene rings is 2. The number of nitrogens with zero attached hydrogens (tertiary/aromatic N) is 1. The molecule has 216 valence electrons. The fourth-order valence-electron chi connectivity index (χ4n) is 3.88. The molecule has 1 aromatic heterocycles. The van der Waals surface area contributed by atoms with Crippen molar-refractivity contribution in [1.29, 1.82) is 0 Å². The van der Waals surface area contributed by atoms with Gasteiger partial charge in [-0.05, 0) is 99.6 Å². The highest BCUT2D eigenvalue weighted by molar-refractivity contribution is 5.75. The van der Waals surface area contributed by atoms with Gasteiger partial charge in [0.2, 0.25) is 6.41 Å². The largest absolute Gasteiger partial charge is 0.508 e. The number of aromatic hydroxyl groups is 1. The van der Waals surface area contributed by atoms with Crippen LogP contribution in [-0.4, -0.2) is 16.5 Å². The number of hydrogen-bond donors (Lipinski definition) is 2. The number of aryl methyl sites for hydroxylation is 5. The van der Waals surface area contributed by atoms with Crippen LogP contribution in [0, 0.1) is 33.5 Å². The molecule has 0 fully saturated rings. The van der Waals surface area contributed by atoms with E-state index in [0.29, 0.717) is 12.0 Å². The molecule has 0 saturated carbocycles. The first-order valence-electron chi connectivity index (χ1n) is 13.7. The van der Waals surface area contributed by atoms with Crippen LogP contribution in [0.2, 0.25) is 0 Å². The van der Waals surface area contributed by atoms with Gasteiger partial charge < -0.3 is 10.4 Å². The van der Waals surface area contributed by atoms with Gasteiger partial charge in [0.1, 0.15) is 11.6 Å². The number of anilines is 1. The minimum atomic E-state index is -0.313. The van der Waals surface area contributed by atoms with E-state index in [1.54, 1.807) is 12.1 Å². The van der Waals surface area contributed by atoms with Gasteiger partial charge in [-0.1, -0.05) is 75.8 Å². The summed E-state index contributed by atoms with van der Waals surface area (Å²) in [4.78, 5) is 14.7. The molecule has 5 heteroatoms. The van der Waals surface area contributed by atoms with E-state index in [4.69, 9.17) is 5.11 Å². The van der Waals surface area contributed by atoms with Gasteiger partial charge >= 0.3 is 0 Å². The van der Waals surface area contributed by atoms with Crippen LogP contribution in [0.25, 0.3) is 11.6 Å². The number of halogens is 1. The summed E-state index contributed by atoms with van der Waals surface area (Å²) in [5.74, 6) is -0.325. The van der Waals surface area contributed by atoms with Gasteiger partial charge in [-0.2, -0.15) is 0 Å². The minimum absolute atomic E-state index is 0.0117. The predicted octanol–water partition coefficient (Wildman–Crippen LogP) is 9.70. The molecule has 2 N–H and O–H groups in total. The summed E-state index contributed by atoms with van der Waals surface area (Å²) in [6, 6.07) is 10.5. The quantitative estimate of drug-likeness (QED) is 0.229. The summed E-state index contributed by atoms with van der Waals surface area (Å²) in [7, 11) is 0. The zero-order chi connectivity index (χ0) is 30.7. The van der Waals surface area contributed by atoms with Crippen molar-refractivity contribution < 1.29 is 14.3 Å². The van der Waals surface area contributed by atoms with Gasteiger partial charge in [0, 0.05) is 18.0 Å². The Morgan fingerprint density at radius 3 is 2.15 bits per heavy atom. The van der Waals surface area contributed by atoms with Gasteiger partial charge in [0.05, 0.1) is 5.69 Å². The van der Waals surface area contributed by atoms with Crippen molar-refractivity contribution in [2.45, 2.75) is 75.2 Å². The van der Waals surface area contributed by atoms with Crippen LogP contribution in [0.5, 0.6) is 5.75 Å². The number of allylic oxidation sites excluding steroid dienone is 4. The Morgan fingerprint density at radius 1 is 1.05 bits per heavy atom. The Bertz CT molecular complexity index is 1250. The highest BCUT2D eigenvalue weighted by atomic mass is 19.1. The molecular weight excluding hydrogens is 499 g/mol. The second-order valence-corrected chi connectivity index (χ2v) is 9.07. The number of nitrogens with one attached hydrogen (secondary N) is 1. The number of rotatable bonds is 7. The van der Waals surface area contributed by atoms with Crippen LogP contribution in [0.4, 0.5) is 10.1 Å². The predicted molar refractivity (Wildman–Crippen MR) is 171 cm³/mol.